The minimum atomic E-state index is -0.352. The van der Waals surface area contributed by atoms with E-state index in [0.717, 1.165) is 31.2 Å². The van der Waals surface area contributed by atoms with Gasteiger partial charge in [0.05, 0.1) is 10.5 Å². The van der Waals surface area contributed by atoms with Crippen molar-refractivity contribution >= 4 is 33.9 Å². The van der Waals surface area contributed by atoms with E-state index in [0.29, 0.717) is 34.9 Å². The normalized spacial score (nSPS) is 13.4. The van der Waals surface area contributed by atoms with Crippen molar-refractivity contribution < 1.29 is 4.92 Å². The molecule has 0 unspecified atom stereocenters. The van der Waals surface area contributed by atoms with Crippen molar-refractivity contribution in [2.24, 2.45) is 4.99 Å². The predicted octanol–water partition coefficient (Wildman–Crippen LogP) is 5.00. The molecule has 2 aromatic rings. The summed E-state index contributed by atoms with van der Waals surface area (Å²) in [6.45, 7) is 5.36. The molecule has 1 heterocycles. The van der Waals surface area contributed by atoms with E-state index in [1.54, 1.807) is 29.7 Å². The van der Waals surface area contributed by atoms with Crippen molar-refractivity contribution in [1.29, 1.82) is 5.26 Å². The molecule has 1 aromatic heterocycles. The number of aryl methyl sites for hydroxylation is 1. The number of nitriles is 1. The molecule has 0 saturated carbocycles. The molecule has 0 radical (unpaired) electrons. The number of nitro benzene ring substituents is 1. The maximum absolute atomic E-state index is 11.5. The largest absolute Gasteiger partial charge is 0.367 e. The van der Waals surface area contributed by atoms with Gasteiger partial charge >= 0.3 is 0 Å². The molecule has 7 heteroatoms. The predicted molar refractivity (Wildman–Crippen MR) is 110 cm³/mol. The van der Waals surface area contributed by atoms with Gasteiger partial charge in [0.1, 0.15) is 16.8 Å². The summed E-state index contributed by atoms with van der Waals surface area (Å²) in [4.78, 5) is 18.9. The molecule has 0 aliphatic heterocycles. The van der Waals surface area contributed by atoms with Gasteiger partial charge in [0.25, 0.3) is 5.69 Å². The van der Waals surface area contributed by atoms with Crippen molar-refractivity contribution in [1.82, 2.24) is 0 Å². The highest BCUT2D eigenvalue weighted by Crippen LogP contribution is 2.39. The number of thiophene rings is 1. The molecule has 140 valence electrons. The number of hydrogen-bond donors (Lipinski definition) is 0. The number of anilines is 1. The standard InChI is InChI=1S/C20H22N4O2S/c1-3-23(4-2)17-10-9-14(11-18(17)24(25)26)13-22-20-16(12-21)15-7-5-6-8-19(15)27-20/h9-11,13H,3-8H2,1-2H3. The third-order valence-corrected chi connectivity index (χ3v) is 6.10. The molecule has 0 atom stereocenters. The molecule has 1 aliphatic carbocycles. The number of nitro groups is 1. The first-order valence-corrected chi connectivity index (χ1v) is 10.0. The number of nitrogens with zero attached hydrogens (tertiary/aromatic N) is 4. The summed E-state index contributed by atoms with van der Waals surface area (Å²) in [5.41, 5.74) is 3.16. The zero-order chi connectivity index (χ0) is 19.4. The van der Waals surface area contributed by atoms with Gasteiger partial charge in [0.2, 0.25) is 0 Å². The summed E-state index contributed by atoms with van der Waals surface area (Å²) >= 11 is 1.57. The molecular formula is C20H22N4O2S. The van der Waals surface area contributed by atoms with Crippen LogP contribution in [0, 0.1) is 21.4 Å². The Hall–Kier alpha value is -2.72. The molecule has 1 aliphatic rings. The number of fused-ring (bicyclic) bond motifs is 1. The van der Waals surface area contributed by atoms with Crippen molar-refractivity contribution in [3.63, 3.8) is 0 Å². The van der Waals surface area contributed by atoms with E-state index in [-0.39, 0.29) is 10.6 Å². The lowest BCUT2D eigenvalue weighted by molar-refractivity contribution is -0.384. The summed E-state index contributed by atoms with van der Waals surface area (Å²) in [5, 5.41) is 21.7. The van der Waals surface area contributed by atoms with E-state index < -0.39 is 0 Å². The average Bonchev–Trinajstić information content (AvgIpc) is 3.05. The van der Waals surface area contributed by atoms with Gasteiger partial charge in [-0.25, -0.2) is 4.99 Å². The molecule has 0 N–H and O–H groups in total. The Balaban J connectivity index is 1.94. The van der Waals surface area contributed by atoms with E-state index in [1.807, 2.05) is 24.8 Å². The van der Waals surface area contributed by atoms with Gasteiger partial charge < -0.3 is 4.90 Å². The van der Waals surface area contributed by atoms with Gasteiger partial charge in [-0.3, -0.25) is 10.1 Å². The van der Waals surface area contributed by atoms with Crippen LogP contribution in [-0.4, -0.2) is 24.2 Å². The van der Waals surface area contributed by atoms with E-state index in [2.05, 4.69) is 11.1 Å². The van der Waals surface area contributed by atoms with Gasteiger partial charge in [0, 0.05) is 30.2 Å². The summed E-state index contributed by atoms with van der Waals surface area (Å²) in [6.07, 6.45) is 5.83. The molecule has 3 rings (SSSR count). The summed E-state index contributed by atoms with van der Waals surface area (Å²) in [7, 11) is 0. The van der Waals surface area contributed by atoms with Crippen LogP contribution < -0.4 is 4.90 Å². The van der Waals surface area contributed by atoms with Gasteiger partial charge in [0.15, 0.2) is 0 Å². The van der Waals surface area contributed by atoms with Crippen molar-refractivity contribution in [3.8, 4) is 6.07 Å². The minimum absolute atomic E-state index is 0.0774. The first-order valence-electron chi connectivity index (χ1n) is 9.21. The first kappa shape index (κ1) is 19.1. The van der Waals surface area contributed by atoms with Crippen molar-refractivity contribution in [3.05, 3.63) is 49.9 Å². The van der Waals surface area contributed by atoms with Gasteiger partial charge in [-0.05, 0) is 56.7 Å². The number of rotatable bonds is 6. The zero-order valence-corrected chi connectivity index (χ0v) is 16.4. The van der Waals surface area contributed by atoms with Crippen LogP contribution in [0.2, 0.25) is 0 Å². The summed E-state index contributed by atoms with van der Waals surface area (Å²) in [6, 6.07) is 7.45. The van der Waals surface area contributed by atoms with Crippen LogP contribution in [0.5, 0.6) is 0 Å². The Morgan fingerprint density at radius 2 is 2.07 bits per heavy atom. The van der Waals surface area contributed by atoms with Crippen molar-refractivity contribution in [2.45, 2.75) is 39.5 Å². The second kappa shape index (κ2) is 8.31. The highest BCUT2D eigenvalue weighted by molar-refractivity contribution is 7.16. The fourth-order valence-corrected chi connectivity index (χ4v) is 4.67. The first-order chi connectivity index (χ1) is 13.1. The van der Waals surface area contributed by atoms with Crippen LogP contribution in [-0.2, 0) is 12.8 Å². The maximum Gasteiger partial charge on any atom is 0.293 e. The van der Waals surface area contributed by atoms with E-state index in [9.17, 15) is 15.4 Å². The third kappa shape index (κ3) is 3.86. The van der Waals surface area contributed by atoms with Crippen LogP contribution in [0.15, 0.2) is 23.2 Å². The second-order valence-electron chi connectivity index (χ2n) is 6.44. The van der Waals surface area contributed by atoms with Crippen LogP contribution >= 0.6 is 11.3 Å². The lowest BCUT2D eigenvalue weighted by Gasteiger charge is -2.20. The molecule has 1 aromatic carbocycles. The molecule has 0 saturated heterocycles. The lowest BCUT2D eigenvalue weighted by Crippen LogP contribution is -2.22. The van der Waals surface area contributed by atoms with Crippen LogP contribution in [0.25, 0.3) is 0 Å². The highest BCUT2D eigenvalue weighted by atomic mass is 32.1. The van der Waals surface area contributed by atoms with Gasteiger partial charge in [-0.15, -0.1) is 11.3 Å². The highest BCUT2D eigenvalue weighted by Gasteiger charge is 2.21. The molecule has 27 heavy (non-hydrogen) atoms. The third-order valence-electron chi connectivity index (χ3n) is 4.90. The molecule has 0 amide bonds. The fraction of sp³-hybridized carbons (Fsp3) is 0.400. The van der Waals surface area contributed by atoms with E-state index in [4.69, 9.17) is 0 Å². The second-order valence-corrected chi connectivity index (χ2v) is 7.52. The zero-order valence-electron chi connectivity index (χ0n) is 15.6. The molecule has 0 fully saturated rings. The SMILES string of the molecule is CCN(CC)c1ccc(C=Nc2sc3c(c2C#N)CCCC3)cc1[N+](=O)[O-]. The average molecular weight is 382 g/mol. The Morgan fingerprint density at radius 1 is 1.33 bits per heavy atom. The summed E-state index contributed by atoms with van der Waals surface area (Å²) in [5.74, 6) is 0. The van der Waals surface area contributed by atoms with Crippen LogP contribution in [0.3, 0.4) is 0 Å². The summed E-state index contributed by atoms with van der Waals surface area (Å²) < 4.78 is 0. The minimum Gasteiger partial charge on any atom is -0.367 e. The van der Waals surface area contributed by atoms with Gasteiger partial charge in [-0.2, -0.15) is 5.26 Å². The topological polar surface area (TPSA) is 82.5 Å². The Bertz CT molecular complexity index is 923. The number of aliphatic imine (C=N–C) groups is 1. The number of hydrogen-bond acceptors (Lipinski definition) is 6. The Morgan fingerprint density at radius 3 is 2.74 bits per heavy atom. The maximum atomic E-state index is 11.5. The smallest absolute Gasteiger partial charge is 0.293 e. The molecular weight excluding hydrogens is 360 g/mol. The fourth-order valence-electron chi connectivity index (χ4n) is 3.49. The van der Waals surface area contributed by atoms with Gasteiger partial charge in [-0.1, -0.05) is 6.07 Å². The van der Waals surface area contributed by atoms with Crippen LogP contribution in [0.1, 0.15) is 48.3 Å². The molecule has 0 bridgehead atoms. The molecule has 0 spiro atoms. The number of benzene rings is 1. The Kier molecular flexibility index (Phi) is 5.87. The van der Waals surface area contributed by atoms with E-state index >= 15 is 0 Å². The van der Waals surface area contributed by atoms with Crippen LogP contribution in [0.4, 0.5) is 16.4 Å². The Labute approximate surface area is 162 Å². The van der Waals surface area contributed by atoms with Crippen molar-refractivity contribution in [2.75, 3.05) is 18.0 Å². The monoisotopic (exact) mass is 382 g/mol. The van der Waals surface area contributed by atoms with E-state index in [1.165, 1.54) is 4.88 Å². The molecule has 6 nitrogen and oxygen atoms in total. The lowest BCUT2D eigenvalue weighted by atomic mass is 9.96. The quantitative estimate of drug-likeness (QED) is 0.400.